The van der Waals surface area contributed by atoms with E-state index < -0.39 is 11.2 Å². The summed E-state index contributed by atoms with van der Waals surface area (Å²) in [4.78, 5) is 33.8. The molecule has 0 saturated carbocycles. The van der Waals surface area contributed by atoms with Crippen molar-refractivity contribution >= 4 is 17.9 Å². The summed E-state index contributed by atoms with van der Waals surface area (Å²) in [5.74, 6) is -0.714. The molecule has 0 amide bonds. The van der Waals surface area contributed by atoms with Crippen molar-refractivity contribution in [1.29, 1.82) is 0 Å². The number of allylic oxidation sites excluding steroid dienone is 3. The molecule has 1 aliphatic carbocycles. The second-order valence-corrected chi connectivity index (χ2v) is 3.77. The second kappa shape index (κ2) is 3.81. The molecule has 0 heterocycles. The van der Waals surface area contributed by atoms with Crippen LogP contribution in [-0.2, 0) is 14.4 Å². The standard InChI is InChI=1S/C11H12O4/c1-7-5-9(14)8(6-13)11(2,3-4-12)10(7)15/h4-6,13H,3H2,1-2H3/b8-6+/t11-/m1/s1. The Morgan fingerprint density at radius 3 is 2.53 bits per heavy atom. The first kappa shape index (κ1) is 11.4. The molecule has 0 spiro atoms. The summed E-state index contributed by atoms with van der Waals surface area (Å²) in [5.41, 5.74) is -0.924. The molecule has 0 aromatic carbocycles. The number of aliphatic hydroxyl groups excluding tert-OH is 1. The Morgan fingerprint density at radius 1 is 1.47 bits per heavy atom. The minimum atomic E-state index is -1.22. The van der Waals surface area contributed by atoms with Crippen molar-refractivity contribution < 1.29 is 19.5 Å². The van der Waals surface area contributed by atoms with Crippen molar-refractivity contribution in [3.63, 3.8) is 0 Å². The number of carbonyl (C=O) groups is 3. The van der Waals surface area contributed by atoms with Crippen LogP contribution in [-0.4, -0.2) is 23.0 Å². The molecule has 1 atom stereocenters. The maximum Gasteiger partial charge on any atom is 0.186 e. The number of aldehydes is 1. The van der Waals surface area contributed by atoms with Crippen molar-refractivity contribution in [3.8, 4) is 0 Å². The Hall–Kier alpha value is -1.71. The molecule has 0 unspecified atom stereocenters. The first-order valence-electron chi connectivity index (χ1n) is 4.53. The first-order valence-corrected chi connectivity index (χ1v) is 4.53. The van der Waals surface area contributed by atoms with Gasteiger partial charge in [0.05, 0.1) is 11.7 Å². The number of hydrogen-bond donors (Lipinski definition) is 1. The third kappa shape index (κ3) is 1.63. The predicted molar refractivity (Wildman–Crippen MR) is 53.3 cm³/mol. The molecule has 1 N–H and O–H groups in total. The highest BCUT2D eigenvalue weighted by Gasteiger charge is 2.43. The first-order chi connectivity index (χ1) is 6.97. The smallest absolute Gasteiger partial charge is 0.186 e. The van der Waals surface area contributed by atoms with Crippen LogP contribution in [0.2, 0.25) is 0 Å². The predicted octanol–water partition coefficient (Wildman–Crippen LogP) is 1.12. The van der Waals surface area contributed by atoms with Gasteiger partial charge in [0.15, 0.2) is 11.6 Å². The van der Waals surface area contributed by atoms with Crippen LogP contribution in [0, 0.1) is 5.41 Å². The minimum Gasteiger partial charge on any atom is -0.515 e. The molecule has 0 fully saturated rings. The van der Waals surface area contributed by atoms with Gasteiger partial charge in [-0.05, 0) is 25.5 Å². The van der Waals surface area contributed by atoms with Crippen molar-refractivity contribution in [2.75, 3.05) is 0 Å². The number of hydrogen-bond acceptors (Lipinski definition) is 4. The Labute approximate surface area is 87.3 Å². The Balaban J connectivity index is 3.35. The highest BCUT2D eigenvalue weighted by molar-refractivity contribution is 6.20. The fourth-order valence-corrected chi connectivity index (χ4v) is 1.74. The van der Waals surface area contributed by atoms with Crippen LogP contribution in [0.4, 0.5) is 0 Å². The van der Waals surface area contributed by atoms with Crippen LogP contribution in [0.5, 0.6) is 0 Å². The van der Waals surface area contributed by atoms with E-state index in [9.17, 15) is 14.4 Å². The molecule has 80 valence electrons. The van der Waals surface area contributed by atoms with Crippen LogP contribution in [0.15, 0.2) is 23.5 Å². The highest BCUT2D eigenvalue weighted by Crippen LogP contribution is 2.37. The zero-order valence-electron chi connectivity index (χ0n) is 8.61. The molecular weight excluding hydrogens is 196 g/mol. The maximum atomic E-state index is 11.8. The average Bonchev–Trinajstić information content (AvgIpc) is 2.16. The van der Waals surface area contributed by atoms with Crippen LogP contribution < -0.4 is 0 Å². The van der Waals surface area contributed by atoms with Crippen molar-refractivity contribution in [1.82, 2.24) is 0 Å². The van der Waals surface area contributed by atoms with Gasteiger partial charge in [0.1, 0.15) is 6.29 Å². The van der Waals surface area contributed by atoms with E-state index in [0.29, 0.717) is 18.1 Å². The SMILES string of the molecule is CC1=CC(=O)/C(=C\O)[C@@](C)(CC=O)C1=O. The van der Waals surface area contributed by atoms with Crippen molar-refractivity contribution in [2.24, 2.45) is 5.41 Å². The van der Waals surface area contributed by atoms with Crippen molar-refractivity contribution in [3.05, 3.63) is 23.5 Å². The average molecular weight is 208 g/mol. The van der Waals surface area contributed by atoms with E-state index in [0.717, 1.165) is 0 Å². The molecule has 1 rings (SSSR count). The summed E-state index contributed by atoms with van der Waals surface area (Å²) < 4.78 is 0. The number of carbonyl (C=O) groups excluding carboxylic acids is 3. The van der Waals surface area contributed by atoms with Gasteiger partial charge in [0.25, 0.3) is 0 Å². The monoisotopic (exact) mass is 208 g/mol. The summed E-state index contributed by atoms with van der Waals surface area (Å²) in [5, 5.41) is 8.95. The van der Waals surface area contributed by atoms with Crippen LogP contribution in [0.3, 0.4) is 0 Å². The van der Waals surface area contributed by atoms with E-state index in [4.69, 9.17) is 5.11 Å². The Bertz CT molecular complexity index is 389. The molecule has 0 aliphatic heterocycles. The Morgan fingerprint density at radius 2 is 2.07 bits per heavy atom. The lowest BCUT2D eigenvalue weighted by molar-refractivity contribution is -0.128. The summed E-state index contributed by atoms with van der Waals surface area (Å²) in [6.45, 7) is 3.01. The van der Waals surface area contributed by atoms with E-state index in [1.165, 1.54) is 19.9 Å². The lowest BCUT2D eigenvalue weighted by atomic mass is 9.69. The van der Waals surface area contributed by atoms with E-state index in [1.807, 2.05) is 0 Å². The largest absolute Gasteiger partial charge is 0.515 e. The summed E-state index contributed by atoms with van der Waals surface area (Å²) >= 11 is 0. The molecule has 0 bridgehead atoms. The lowest BCUT2D eigenvalue weighted by Gasteiger charge is -2.30. The van der Waals surface area contributed by atoms with Gasteiger partial charge in [-0.15, -0.1) is 0 Å². The molecule has 0 aromatic rings. The van der Waals surface area contributed by atoms with Gasteiger partial charge in [-0.3, -0.25) is 9.59 Å². The molecule has 1 aliphatic rings. The molecule has 4 nitrogen and oxygen atoms in total. The quantitative estimate of drug-likeness (QED) is 0.419. The van der Waals surface area contributed by atoms with Gasteiger partial charge in [-0.2, -0.15) is 0 Å². The van der Waals surface area contributed by atoms with E-state index in [2.05, 4.69) is 0 Å². The van der Waals surface area contributed by atoms with E-state index >= 15 is 0 Å². The lowest BCUT2D eigenvalue weighted by Crippen LogP contribution is -2.37. The summed E-state index contributed by atoms with van der Waals surface area (Å²) in [6, 6.07) is 0. The zero-order valence-corrected chi connectivity index (χ0v) is 8.61. The van der Waals surface area contributed by atoms with E-state index in [-0.39, 0.29) is 17.8 Å². The molecule has 0 aromatic heterocycles. The maximum absolute atomic E-state index is 11.8. The van der Waals surface area contributed by atoms with Gasteiger partial charge in [-0.1, -0.05) is 0 Å². The normalized spacial score (nSPS) is 29.2. The molecule has 0 radical (unpaired) electrons. The number of aliphatic hydroxyl groups is 1. The molecule has 0 saturated heterocycles. The molecule has 4 heteroatoms. The van der Waals surface area contributed by atoms with Crippen LogP contribution in [0.1, 0.15) is 20.3 Å². The third-order valence-corrected chi connectivity index (χ3v) is 2.69. The second-order valence-electron chi connectivity index (χ2n) is 3.77. The van der Waals surface area contributed by atoms with Gasteiger partial charge in [-0.25, -0.2) is 0 Å². The van der Waals surface area contributed by atoms with Gasteiger partial charge in [0.2, 0.25) is 0 Å². The number of rotatable bonds is 2. The Kier molecular flexibility index (Phi) is 2.88. The summed E-state index contributed by atoms with van der Waals surface area (Å²) in [6.07, 6.45) is 2.27. The van der Waals surface area contributed by atoms with Crippen molar-refractivity contribution in [2.45, 2.75) is 20.3 Å². The minimum absolute atomic E-state index is 0.0230. The topological polar surface area (TPSA) is 71.4 Å². The fourth-order valence-electron chi connectivity index (χ4n) is 1.74. The highest BCUT2D eigenvalue weighted by atomic mass is 16.2. The van der Waals surface area contributed by atoms with Crippen LogP contribution >= 0.6 is 0 Å². The third-order valence-electron chi connectivity index (χ3n) is 2.69. The van der Waals surface area contributed by atoms with Crippen LogP contribution in [0.25, 0.3) is 0 Å². The number of ketones is 2. The fraction of sp³-hybridized carbons (Fsp3) is 0.364. The van der Waals surface area contributed by atoms with Gasteiger partial charge >= 0.3 is 0 Å². The molecular formula is C11H12O4. The zero-order chi connectivity index (χ0) is 11.6. The number of Topliss-reactive ketones (excluding diaryl/α,β-unsaturated/α-hetero) is 1. The molecule has 15 heavy (non-hydrogen) atoms. The summed E-state index contributed by atoms with van der Waals surface area (Å²) in [7, 11) is 0. The van der Waals surface area contributed by atoms with Gasteiger partial charge < -0.3 is 9.90 Å². The van der Waals surface area contributed by atoms with Gasteiger partial charge in [0, 0.05) is 12.0 Å². The van der Waals surface area contributed by atoms with E-state index in [1.54, 1.807) is 0 Å².